The Bertz CT molecular complexity index is 955. The summed E-state index contributed by atoms with van der Waals surface area (Å²) >= 11 is 0. The Balaban J connectivity index is 1.54. The van der Waals surface area contributed by atoms with E-state index in [1.54, 1.807) is 24.3 Å². The molecular formula is C23H27N3O5S. The minimum Gasteiger partial charge on any atom is -0.445 e. The number of nitrogens with one attached hydrogen (secondary N) is 1. The van der Waals surface area contributed by atoms with E-state index in [-0.39, 0.29) is 18.8 Å². The van der Waals surface area contributed by atoms with E-state index in [0.29, 0.717) is 24.3 Å². The number of primary amides is 1. The molecule has 3 N–H and O–H groups in total. The van der Waals surface area contributed by atoms with Crippen molar-refractivity contribution < 1.29 is 23.3 Å². The van der Waals surface area contributed by atoms with Gasteiger partial charge in [0, 0.05) is 17.2 Å². The molecule has 0 aromatic heterocycles. The second kappa shape index (κ2) is 11.4. The molecule has 0 saturated carbocycles. The van der Waals surface area contributed by atoms with Crippen LogP contribution in [0.25, 0.3) is 0 Å². The van der Waals surface area contributed by atoms with Crippen LogP contribution in [0.2, 0.25) is 0 Å². The molecular weight excluding hydrogens is 430 g/mol. The van der Waals surface area contributed by atoms with Crippen molar-refractivity contribution in [3.8, 4) is 0 Å². The molecule has 0 aliphatic carbocycles. The Kier molecular flexibility index (Phi) is 8.38. The first-order valence-electron chi connectivity index (χ1n) is 10.5. The molecule has 3 rings (SSSR count). The van der Waals surface area contributed by atoms with E-state index < -0.39 is 40.8 Å². The number of nitrogens with zero attached hydrogens (tertiary/aromatic N) is 1. The molecule has 1 saturated heterocycles. The molecule has 2 aromatic rings. The third-order valence-electron chi connectivity index (χ3n) is 5.25. The lowest BCUT2D eigenvalue weighted by atomic mass is 10.1. The third-order valence-corrected chi connectivity index (χ3v) is 6.66. The Hall–Kier alpha value is -3.20. The molecule has 3 amide bonds. The van der Waals surface area contributed by atoms with Gasteiger partial charge in [0.1, 0.15) is 18.7 Å². The van der Waals surface area contributed by atoms with Gasteiger partial charge < -0.3 is 15.8 Å². The lowest BCUT2D eigenvalue weighted by molar-refractivity contribution is -0.130. The number of rotatable bonds is 9. The van der Waals surface area contributed by atoms with E-state index in [0.717, 1.165) is 5.56 Å². The summed E-state index contributed by atoms with van der Waals surface area (Å²) in [6, 6.07) is 16.4. The quantitative estimate of drug-likeness (QED) is 0.597. The standard InChI is InChI=1S/C23H27N3O5S/c24-21(27)19(13-15-32(30)18-10-5-2-6-11-18)25-22(28)20-12-7-14-26(20)23(29)31-16-17-8-3-1-4-9-17/h1-6,8-11,19-20H,7,12-16H2,(H2,24,27)(H,25,28)/t19-,20-,32-/m1/s1. The minimum absolute atomic E-state index is 0.111. The van der Waals surface area contributed by atoms with Crippen molar-refractivity contribution in [1.29, 1.82) is 0 Å². The molecule has 0 radical (unpaired) electrons. The molecule has 1 aliphatic rings. The van der Waals surface area contributed by atoms with Gasteiger partial charge in [0.25, 0.3) is 0 Å². The van der Waals surface area contributed by atoms with E-state index in [2.05, 4.69) is 5.32 Å². The number of amides is 3. The maximum absolute atomic E-state index is 12.8. The van der Waals surface area contributed by atoms with E-state index in [1.807, 2.05) is 36.4 Å². The summed E-state index contributed by atoms with van der Waals surface area (Å²) in [5, 5.41) is 2.63. The smallest absolute Gasteiger partial charge is 0.410 e. The van der Waals surface area contributed by atoms with Gasteiger partial charge in [-0.2, -0.15) is 0 Å². The fourth-order valence-electron chi connectivity index (χ4n) is 3.53. The molecule has 9 heteroatoms. The van der Waals surface area contributed by atoms with Gasteiger partial charge >= 0.3 is 6.09 Å². The largest absolute Gasteiger partial charge is 0.445 e. The van der Waals surface area contributed by atoms with Crippen LogP contribution >= 0.6 is 0 Å². The summed E-state index contributed by atoms with van der Waals surface area (Å²) in [7, 11) is -1.32. The van der Waals surface area contributed by atoms with E-state index in [4.69, 9.17) is 10.5 Å². The van der Waals surface area contributed by atoms with Crippen LogP contribution in [0.4, 0.5) is 4.79 Å². The molecule has 0 unspecified atom stereocenters. The van der Waals surface area contributed by atoms with Crippen LogP contribution in [0.1, 0.15) is 24.8 Å². The zero-order valence-electron chi connectivity index (χ0n) is 17.6. The van der Waals surface area contributed by atoms with Crippen LogP contribution < -0.4 is 11.1 Å². The van der Waals surface area contributed by atoms with Crippen molar-refractivity contribution in [2.24, 2.45) is 5.73 Å². The topological polar surface area (TPSA) is 119 Å². The molecule has 8 nitrogen and oxygen atoms in total. The second-order valence-electron chi connectivity index (χ2n) is 7.51. The Morgan fingerprint density at radius 2 is 1.75 bits per heavy atom. The molecule has 3 atom stereocenters. The average Bonchev–Trinajstić information content (AvgIpc) is 3.31. The van der Waals surface area contributed by atoms with Gasteiger partial charge in [-0.15, -0.1) is 0 Å². The van der Waals surface area contributed by atoms with Crippen LogP contribution in [0, 0.1) is 0 Å². The predicted octanol–water partition coefficient (Wildman–Crippen LogP) is 1.96. The number of hydrogen-bond acceptors (Lipinski definition) is 5. The highest BCUT2D eigenvalue weighted by atomic mass is 32.2. The second-order valence-corrected chi connectivity index (χ2v) is 9.08. The van der Waals surface area contributed by atoms with Crippen LogP contribution in [0.3, 0.4) is 0 Å². The number of carbonyl (C=O) groups is 3. The number of nitrogens with two attached hydrogens (primary N) is 1. The number of likely N-dealkylation sites (tertiary alicyclic amines) is 1. The summed E-state index contributed by atoms with van der Waals surface area (Å²) in [5.41, 5.74) is 6.31. The first-order chi connectivity index (χ1) is 15.5. The van der Waals surface area contributed by atoms with Crippen molar-refractivity contribution in [2.45, 2.75) is 42.8 Å². The molecule has 0 spiro atoms. The van der Waals surface area contributed by atoms with Gasteiger partial charge in [-0.3, -0.25) is 18.7 Å². The fourth-order valence-corrected chi connectivity index (χ4v) is 4.67. The summed E-state index contributed by atoms with van der Waals surface area (Å²) in [5.74, 6) is -1.00. The molecule has 170 valence electrons. The fraction of sp³-hybridized carbons (Fsp3) is 0.348. The van der Waals surface area contributed by atoms with Crippen LogP contribution in [-0.4, -0.2) is 51.4 Å². The first kappa shape index (κ1) is 23.5. The zero-order chi connectivity index (χ0) is 22.9. The normalized spacial score (nSPS) is 17.4. The highest BCUT2D eigenvalue weighted by Gasteiger charge is 2.36. The summed E-state index contributed by atoms with van der Waals surface area (Å²) in [6.45, 7) is 0.505. The van der Waals surface area contributed by atoms with E-state index in [9.17, 15) is 18.6 Å². The first-order valence-corrected chi connectivity index (χ1v) is 11.8. The van der Waals surface area contributed by atoms with Gasteiger partial charge in [0.05, 0.1) is 10.8 Å². The average molecular weight is 458 g/mol. The van der Waals surface area contributed by atoms with Gasteiger partial charge in [0.2, 0.25) is 11.8 Å². The molecule has 32 heavy (non-hydrogen) atoms. The molecule has 0 bridgehead atoms. The minimum atomic E-state index is -1.32. The molecule has 2 aromatic carbocycles. The van der Waals surface area contributed by atoms with Crippen LogP contribution in [0.15, 0.2) is 65.6 Å². The van der Waals surface area contributed by atoms with Crippen molar-refractivity contribution in [3.63, 3.8) is 0 Å². The Labute approximate surface area is 189 Å². The lowest BCUT2D eigenvalue weighted by Crippen LogP contribution is -2.52. The van der Waals surface area contributed by atoms with Gasteiger partial charge in [-0.1, -0.05) is 48.5 Å². The molecule has 1 fully saturated rings. The monoisotopic (exact) mass is 457 g/mol. The zero-order valence-corrected chi connectivity index (χ0v) is 18.5. The van der Waals surface area contributed by atoms with E-state index in [1.165, 1.54) is 4.90 Å². The van der Waals surface area contributed by atoms with Gasteiger partial charge in [-0.25, -0.2) is 4.79 Å². The SMILES string of the molecule is NC(=O)[C@@H](CC[S@@](=O)c1ccccc1)NC(=O)[C@H]1CCCN1C(=O)OCc1ccccc1. The van der Waals surface area contributed by atoms with Crippen molar-refractivity contribution in [3.05, 3.63) is 66.2 Å². The number of benzene rings is 2. The highest BCUT2D eigenvalue weighted by Crippen LogP contribution is 2.19. The molecule has 1 aliphatic heterocycles. The van der Waals surface area contributed by atoms with Crippen molar-refractivity contribution >= 4 is 28.7 Å². The van der Waals surface area contributed by atoms with Crippen molar-refractivity contribution in [1.82, 2.24) is 10.2 Å². The maximum atomic E-state index is 12.8. The number of carbonyl (C=O) groups excluding carboxylic acids is 3. The Morgan fingerprint density at radius 3 is 2.41 bits per heavy atom. The third kappa shape index (κ3) is 6.40. The van der Waals surface area contributed by atoms with Crippen LogP contribution in [0.5, 0.6) is 0 Å². The van der Waals surface area contributed by atoms with Gasteiger partial charge in [-0.05, 0) is 37.0 Å². The summed E-state index contributed by atoms with van der Waals surface area (Å²) < 4.78 is 17.8. The number of hydrogen-bond donors (Lipinski definition) is 2. The highest BCUT2D eigenvalue weighted by molar-refractivity contribution is 7.85. The Morgan fingerprint density at radius 1 is 1.09 bits per heavy atom. The van der Waals surface area contributed by atoms with E-state index >= 15 is 0 Å². The summed E-state index contributed by atoms with van der Waals surface area (Å²) in [4.78, 5) is 39.2. The summed E-state index contributed by atoms with van der Waals surface area (Å²) in [6.07, 6.45) is 0.673. The maximum Gasteiger partial charge on any atom is 0.410 e. The number of ether oxygens (including phenoxy) is 1. The molecule has 1 heterocycles. The van der Waals surface area contributed by atoms with Crippen molar-refractivity contribution in [2.75, 3.05) is 12.3 Å². The lowest BCUT2D eigenvalue weighted by Gasteiger charge is -2.25. The van der Waals surface area contributed by atoms with Crippen LogP contribution in [-0.2, 0) is 31.7 Å². The van der Waals surface area contributed by atoms with Gasteiger partial charge in [0.15, 0.2) is 0 Å². The predicted molar refractivity (Wildman–Crippen MR) is 120 cm³/mol.